The van der Waals surface area contributed by atoms with E-state index in [9.17, 15) is 9.59 Å². The molecule has 1 aliphatic heterocycles. The number of hydrogen-bond donors (Lipinski definition) is 2. The average molecular weight is 305 g/mol. The molecule has 114 valence electrons. The minimum atomic E-state index is -1.01. The van der Waals surface area contributed by atoms with Crippen molar-refractivity contribution in [3.05, 3.63) is 24.1 Å². The number of rotatable bonds is 5. The summed E-state index contributed by atoms with van der Waals surface area (Å²) in [7, 11) is 0. The van der Waals surface area contributed by atoms with E-state index in [1.807, 2.05) is 0 Å². The highest BCUT2D eigenvalue weighted by Crippen LogP contribution is 2.35. The van der Waals surface area contributed by atoms with Crippen LogP contribution in [0.15, 0.2) is 22.7 Å². The van der Waals surface area contributed by atoms with Crippen molar-refractivity contribution < 1.29 is 28.7 Å². The van der Waals surface area contributed by atoms with E-state index in [0.717, 1.165) is 0 Å². The largest absolute Gasteiger partial charge is 0.481 e. The molecular formula is C13H11N3O6. The van der Waals surface area contributed by atoms with E-state index < -0.39 is 11.9 Å². The van der Waals surface area contributed by atoms with Crippen LogP contribution in [0.4, 0.5) is 0 Å². The smallest absolute Gasteiger partial charge is 0.316 e. The Kier molecular flexibility index (Phi) is 3.60. The number of carbonyl (C=O) groups excluding carboxylic acids is 1. The van der Waals surface area contributed by atoms with Gasteiger partial charge in [0.25, 0.3) is 0 Å². The first-order valence-corrected chi connectivity index (χ1v) is 6.37. The van der Waals surface area contributed by atoms with Crippen LogP contribution in [0.25, 0.3) is 11.4 Å². The summed E-state index contributed by atoms with van der Waals surface area (Å²) < 4.78 is 15.3. The zero-order valence-electron chi connectivity index (χ0n) is 11.2. The molecule has 1 amide bonds. The molecule has 1 aromatic heterocycles. The number of aromatic nitrogens is 2. The number of nitrogens with one attached hydrogen (secondary N) is 1. The number of hydrogen-bond acceptors (Lipinski definition) is 7. The number of aliphatic carboxylic acids is 1. The van der Waals surface area contributed by atoms with Crippen LogP contribution in [0.1, 0.15) is 17.1 Å². The van der Waals surface area contributed by atoms with Crippen molar-refractivity contribution in [1.29, 1.82) is 0 Å². The van der Waals surface area contributed by atoms with Gasteiger partial charge < -0.3 is 24.4 Å². The topological polar surface area (TPSA) is 124 Å². The van der Waals surface area contributed by atoms with E-state index in [4.69, 9.17) is 19.1 Å². The molecule has 9 nitrogen and oxygen atoms in total. The maximum atomic E-state index is 11.7. The van der Waals surface area contributed by atoms with E-state index in [1.165, 1.54) is 0 Å². The monoisotopic (exact) mass is 305 g/mol. The second-order valence-electron chi connectivity index (χ2n) is 4.39. The molecule has 0 spiro atoms. The van der Waals surface area contributed by atoms with Crippen LogP contribution in [-0.4, -0.2) is 40.5 Å². The predicted octanol–water partition coefficient (Wildman–Crippen LogP) is 0.670. The fraction of sp³-hybridized carbons (Fsp3) is 0.231. The predicted molar refractivity (Wildman–Crippen MR) is 70.4 cm³/mol. The normalized spacial score (nSPS) is 12.2. The molecule has 0 saturated carbocycles. The van der Waals surface area contributed by atoms with Crippen molar-refractivity contribution in [2.45, 2.75) is 6.42 Å². The third kappa shape index (κ3) is 2.82. The highest BCUT2D eigenvalue weighted by Gasteiger charge is 2.19. The van der Waals surface area contributed by atoms with Gasteiger partial charge >= 0.3 is 17.8 Å². The van der Waals surface area contributed by atoms with E-state index in [2.05, 4.69) is 15.5 Å². The molecule has 2 N–H and O–H groups in total. The van der Waals surface area contributed by atoms with Gasteiger partial charge in [0.1, 0.15) is 0 Å². The molecule has 1 aliphatic rings. The molecular weight excluding hydrogens is 294 g/mol. The molecule has 0 aliphatic carbocycles. The molecule has 9 heteroatoms. The Morgan fingerprint density at radius 3 is 2.91 bits per heavy atom. The summed E-state index contributed by atoms with van der Waals surface area (Å²) in [5.41, 5.74) is 0.609. The van der Waals surface area contributed by atoms with Gasteiger partial charge in [-0.15, -0.1) is 0 Å². The van der Waals surface area contributed by atoms with Crippen LogP contribution in [0, 0.1) is 0 Å². The van der Waals surface area contributed by atoms with Crippen LogP contribution < -0.4 is 14.8 Å². The number of carboxylic acids is 1. The summed E-state index contributed by atoms with van der Waals surface area (Å²) in [6.45, 7) is 0.137. The van der Waals surface area contributed by atoms with Crippen LogP contribution in [0.5, 0.6) is 11.5 Å². The van der Waals surface area contributed by atoms with E-state index in [-0.39, 0.29) is 31.5 Å². The maximum Gasteiger partial charge on any atom is 0.316 e. The summed E-state index contributed by atoms with van der Waals surface area (Å²) in [5.74, 6) is -0.457. The Morgan fingerprint density at radius 2 is 2.09 bits per heavy atom. The van der Waals surface area contributed by atoms with Gasteiger partial charge in [0, 0.05) is 12.1 Å². The van der Waals surface area contributed by atoms with Crippen LogP contribution in [-0.2, 0) is 4.79 Å². The molecule has 0 unspecified atom stereocenters. The van der Waals surface area contributed by atoms with E-state index in [0.29, 0.717) is 17.1 Å². The Labute approximate surface area is 123 Å². The number of benzene rings is 1. The van der Waals surface area contributed by atoms with Crippen molar-refractivity contribution in [2.75, 3.05) is 13.3 Å². The molecule has 1 aromatic carbocycles. The number of fused-ring (bicyclic) bond motifs is 1. The van der Waals surface area contributed by atoms with Gasteiger partial charge in [-0.1, -0.05) is 5.16 Å². The quantitative estimate of drug-likeness (QED) is 0.826. The van der Waals surface area contributed by atoms with Crippen molar-refractivity contribution >= 4 is 11.9 Å². The SMILES string of the molecule is O=C(O)CCNC(=O)c1nc(-c2ccc3c(c2)OCO3)no1. The molecule has 0 fully saturated rings. The van der Waals surface area contributed by atoms with E-state index in [1.54, 1.807) is 18.2 Å². The number of carbonyl (C=O) groups is 2. The lowest BCUT2D eigenvalue weighted by Gasteiger charge is -1.98. The van der Waals surface area contributed by atoms with Crippen LogP contribution >= 0.6 is 0 Å². The summed E-state index contributed by atoms with van der Waals surface area (Å²) in [4.78, 5) is 26.1. The maximum absolute atomic E-state index is 11.7. The fourth-order valence-corrected chi connectivity index (χ4v) is 1.83. The molecule has 0 saturated heterocycles. The highest BCUT2D eigenvalue weighted by atomic mass is 16.7. The second-order valence-corrected chi connectivity index (χ2v) is 4.39. The van der Waals surface area contributed by atoms with Crippen molar-refractivity contribution in [1.82, 2.24) is 15.5 Å². The fourth-order valence-electron chi connectivity index (χ4n) is 1.83. The van der Waals surface area contributed by atoms with Gasteiger partial charge in [-0.2, -0.15) is 4.98 Å². The lowest BCUT2D eigenvalue weighted by atomic mass is 10.2. The summed E-state index contributed by atoms with van der Waals surface area (Å²) in [6, 6.07) is 5.10. The lowest BCUT2D eigenvalue weighted by molar-refractivity contribution is -0.136. The first kappa shape index (κ1) is 13.9. The summed E-state index contributed by atoms with van der Waals surface area (Å²) in [6.07, 6.45) is -0.186. The van der Waals surface area contributed by atoms with E-state index >= 15 is 0 Å². The van der Waals surface area contributed by atoms with Gasteiger partial charge in [0.2, 0.25) is 12.6 Å². The third-order valence-corrected chi connectivity index (χ3v) is 2.88. The Hall–Kier alpha value is -3.10. The molecule has 0 radical (unpaired) electrons. The lowest BCUT2D eigenvalue weighted by Crippen LogP contribution is -2.26. The minimum absolute atomic E-state index is 0.0180. The Morgan fingerprint density at radius 1 is 1.27 bits per heavy atom. The van der Waals surface area contributed by atoms with Gasteiger partial charge in [-0.25, -0.2) is 0 Å². The molecule has 3 rings (SSSR count). The average Bonchev–Trinajstić information content (AvgIpc) is 3.15. The van der Waals surface area contributed by atoms with Gasteiger partial charge in [-0.05, 0) is 18.2 Å². The Balaban J connectivity index is 1.70. The van der Waals surface area contributed by atoms with Crippen LogP contribution in [0.3, 0.4) is 0 Å². The molecule has 0 atom stereocenters. The number of nitrogens with zero attached hydrogens (tertiary/aromatic N) is 2. The Bertz CT molecular complexity index is 726. The molecule has 22 heavy (non-hydrogen) atoms. The highest BCUT2D eigenvalue weighted by molar-refractivity contribution is 5.90. The standard InChI is InChI=1S/C13H11N3O6/c17-10(18)3-4-14-12(19)13-15-11(16-22-13)7-1-2-8-9(5-7)21-6-20-8/h1-2,5H,3-4,6H2,(H,14,19)(H,17,18). The summed E-state index contributed by atoms with van der Waals surface area (Å²) in [5, 5.41) is 14.6. The zero-order valence-corrected chi connectivity index (χ0v) is 11.2. The van der Waals surface area contributed by atoms with Crippen molar-refractivity contribution in [3.8, 4) is 22.9 Å². The van der Waals surface area contributed by atoms with Gasteiger partial charge in [-0.3, -0.25) is 9.59 Å². The minimum Gasteiger partial charge on any atom is -0.481 e. The first-order chi connectivity index (χ1) is 10.6. The molecule has 2 heterocycles. The van der Waals surface area contributed by atoms with Crippen molar-refractivity contribution in [3.63, 3.8) is 0 Å². The van der Waals surface area contributed by atoms with Gasteiger partial charge in [0.05, 0.1) is 6.42 Å². The van der Waals surface area contributed by atoms with Crippen LogP contribution in [0.2, 0.25) is 0 Å². The molecule has 0 bridgehead atoms. The number of carboxylic acid groups (broad SMARTS) is 1. The second kappa shape index (κ2) is 5.72. The number of amides is 1. The summed E-state index contributed by atoms with van der Waals surface area (Å²) >= 11 is 0. The number of ether oxygens (including phenoxy) is 2. The third-order valence-electron chi connectivity index (χ3n) is 2.88. The first-order valence-electron chi connectivity index (χ1n) is 6.37. The zero-order chi connectivity index (χ0) is 15.5. The van der Waals surface area contributed by atoms with Crippen molar-refractivity contribution in [2.24, 2.45) is 0 Å². The molecule has 2 aromatic rings. The van der Waals surface area contributed by atoms with Gasteiger partial charge in [0.15, 0.2) is 11.5 Å².